The van der Waals surface area contributed by atoms with Gasteiger partial charge in [0.15, 0.2) is 0 Å². The van der Waals surface area contributed by atoms with Crippen molar-refractivity contribution in [1.29, 1.82) is 0 Å². The summed E-state index contributed by atoms with van der Waals surface area (Å²) in [5, 5.41) is 3.01. The molecule has 2 aromatic rings. The van der Waals surface area contributed by atoms with Crippen LogP contribution in [0.25, 0.3) is 5.70 Å². The highest BCUT2D eigenvalue weighted by molar-refractivity contribution is 5.62. The largest absolute Gasteiger partial charge is 0.381 e. The summed E-state index contributed by atoms with van der Waals surface area (Å²) in [5.41, 5.74) is 4.09. The second-order valence-corrected chi connectivity index (χ2v) is 5.39. The first kappa shape index (κ1) is 13.8. The molecule has 21 heavy (non-hydrogen) atoms. The highest BCUT2D eigenvalue weighted by atomic mass is 19.1. The van der Waals surface area contributed by atoms with E-state index in [1.54, 1.807) is 0 Å². The Kier molecular flexibility index (Phi) is 3.74. The highest BCUT2D eigenvalue weighted by Gasteiger charge is 2.13. The van der Waals surface area contributed by atoms with Gasteiger partial charge >= 0.3 is 0 Å². The van der Waals surface area contributed by atoms with Crippen LogP contribution in [0.1, 0.15) is 28.7 Å². The van der Waals surface area contributed by atoms with Gasteiger partial charge in [0.25, 0.3) is 0 Å². The quantitative estimate of drug-likeness (QED) is 0.887. The molecule has 0 aromatic heterocycles. The lowest BCUT2D eigenvalue weighted by Gasteiger charge is -2.12. The number of fused-ring (bicyclic) bond motifs is 1. The van der Waals surface area contributed by atoms with E-state index >= 15 is 0 Å². The Morgan fingerprint density at radius 1 is 1.05 bits per heavy atom. The highest BCUT2D eigenvalue weighted by Crippen LogP contribution is 2.23. The smallest absolute Gasteiger partial charge is 0.135 e. The summed E-state index contributed by atoms with van der Waals surface area (Å²) in [5.74, 6) is -1.19. The lowest BCUT2D eigenvalue weighted by atomic mass is 10.1. The Labute approximate surface area is 123 Å². The number of rotatable bonds is 4. The summed E-state index contributed by atoms with van der Waals surface area (Å²) < 4.78 is 27.3. The van der Waals surface area contributed by atoms with Crippen molar-refractivity contribution >= 4 is 5.70 Å². The van der Waals surface area contributed by atoms with E-state index in [-0.39, 0.29) is 11.3 Å². The van der Waals surface area contributed by atoms with Crippen LogP contribution in [0.3, 0.4) is 0 Å². The molecule has 0 saturated heterocycles. The molecule has 108 valence electrons. The summed E-state index contributed by atoms with van der Waals surface area (Å²) in [6.45, 7) is 4.26. The van der Waals surface area contributed by atoms with Crippen molar-refractivity contribution in [3.05, 3.63) is 76.9 Å². The second-order valence-electron chi connectivity index (χ2n) is 5.39. The van der Waals surface area contributed by atoms with Crippen molar-refractivity contribution in [3.8, 4) is 0 Å². The molecular formula is C18H17F2N. The van der Waals surface area contributed by atoms with Crippen molar-refractivity contribution in [2.45, 2.75) is 25.8 Å². The molecule has 1 aliphatic carbocycles. The minimum absolute atomic E-state index is 0.0846. The van der Waals surface area contributed by atoms with E-state index in [9.17, 15) is 8.78 Å². The van der Waals surface area contributed by atoms with Gasteiger partial charge in [-0.25, -0.2) is 8.78 Å². The van der Waals surface area contributed by atoms with E-state index in [0.717, 1.165) is 18.4 Å². The third-order valence-electron chi connectivity index (χ3n) is 3.93. The van der Waals surface area contributed by atoms with Crippen molar-refractivity contribution in [3.63, 3.8) is 0 Å². The first-order valence-corrected chi connectivity index (χ1v) is 7.13. The molecule has 0 radical (unpaired) electrons. The SMILES string of the molecule is C=C(NCc1ccc2c(c1)CCC2)c1c(F)cccc1F. The molecule has 0 bridgehead atoms. The Hall–Kier alpha value is -2.16. The fourth-order valence-electron chi connectivity index (χ4n) is 2.82. The molecule has 0 heterocycles. The van der Waals surface area contributed by atoms with E-state index in [1.165, 1.54) is 35.7 Å². The molecule has 0 fully saturated rings. The van der Waals surface area contributed by atoms with Crippen LogP contribution in [-0.2, 0) is 19.4 Å². The summed E-state index contributed by atoms with van der Waals surface area (Å²) >= 11 is 0. The zero-order valence-corrected chi connectivity index (χ0v) is 11.8. The molecule has 0 saturated carbocycles. The van der Waals surface area contributed by atoms with Gasteiger partial charge in [0.2, 0.25) is 0 Å². The summed E-state index contributed by atoms with van der Waals surface area (Å²) in [6.07, 6.45) is 3.47. The third-order valence-corrected chi connectivity index (χ3v) is 3.93. The van der Waals surface area contributed by atoms with E-state index in [0.29, 0.717) is 6.54 Å². The van der Waals surface area contributed by atoms with Crippen molar-refractivity contribution in [2.75, 3.05) is 0 Å². The molecule has 0 atom stereocenters. The standard InChI is InChI=1S/C18H17F2N/c1-12(18-16(19)6-3-7-17(18)20)21-11-13-8-9-14-4-2-5-15(14)10-13/h3,6-10,21H,1-2,4-5,11H2. The normalized spacial score (nSPS) is 13.0. The van der Waals surface area contributed by atoms with E-state index < -0.39 is 11.6 Å². The number of hydrogen-bond acceptors (Lipinski definition) is 1. The predicted molar refractivity (Wildman–Crippen MR) is 80.7 cm³/mol. The molecule has 3 rings (SSSR count). The Balaban J connectivity index is 1.71. The van der Waals surface area contributed by atoms with E-state index in [1.807, 2.05) is 0 Å². The van der Waals surface area contributed by atoms with Gasteiger partial charge in [-0.3, -0.25) is 0 Å². The fraction of sp³-hybridized carbons (Fsp3) is 0.222. The van der Waals surface area contributed by atoms with Crippen LogP contribution in [0.2, 0.25) is 0 Å². The maximum Gasteiger partial charge on any atom is 0.135 e. The van der Waals surface area contributed by atoms with Crippen LogP contribution < -0.4 is 5.32 Å². The Morgan fingerprint density at radius 2 is 1.76 bits per heavy atom. The number of halogens is 2. The third kappa shape index (κ3) is 2.82. The first-order valence-electron chi connectivity index (χ1n) is 7.13. The average molecular weight is 285 g/mol. The van der Waals surface area contributed by atoms with Gasteiger partial charge in [-0.2, -0.15) is 0 Å². The molecule has 0 aliphatic heterocycles. The van der Waals surface area contributed by atoms with Gasteiger partial charge in [0, 0.05) is 12.2 Å². The molecule has 0 amide bonds. The molecule has 1 aliphatic rings. The lowest BCUT2D eigenvalue weighted by Crippen LogP contribution is -2.13. The molecule has 0 spiro atoms. The molecule has 1 nitrogen and oxygen atoms in total. The Bertz CT molecular complexity index is 671. The molecule has 2 aromatic carbocycles. The van der Waals surface area contributed by atoms with Crippen molar-refractivity contribution < 1.29 is 8.78 Å². The van der Waals surface area contributed by atoms with E-state index in [4.69, 9.17) is 0 Å². The molecule has 0 unspecified atom stereocenters. The van der Waals surface area contributed by atoms with Crippen LogP contribution in [0.4, 0.5) is 8.78 Å². The van der Waals surface area contributed by atoms with Crippen LogP contribution >= 0.6 is 0 Å². The average Bonchev–Trinajstić information content (AvgIpc) is 2.92. The maximum absolute atomic E-state index is 13.7. The van der Waals surface area contributed by atoms with Gasteiger partial charge in [0.1, 0.15) is 11.6 Å². The number of hydrogen-bond donors (Lipinski definition) is 1. The van der Waals surface area contributed by atoms with E-state index in [2.05, 4.69) is 30.1 Å². The maximum atomic E-state index is 13.7. The first-order chi connectivity index (χ1) is 10.1. The molecule has 3 heteroatoms. The van der Waals surface area contributed by atoms with Gasteiger partial charge in [-0.15, -0.1) is 0 Å². The van der Waals surface area contributed by atoms with Crippen LogP contribution in [-0.4, -0.2) is 0 Å². The zero-order chi connectivity index (χ0) is 14.8. The number of benzene rings is 2. The van der Waals surface area contributed by atoms with Crippen molar-refractivity contribution in [2.24, 2.45) is 0 Å². The minimum Gasteiger partial charge on any atom is -0.381 e. The number of aryl methyl sites for hydroxylation is 2. The second kappa shape index (κ2) is 5.68. The summed E-state index contributed by atoms with van der Waals surface area (Å²) in [4.78, 5) is 0. The van der Waals surface area contributed by atoms with Gasteiger partial charge in [-0.1, -0.05) is 30.8 Å². The minimum atomic E-state index is -0.596. The van der Waals surface area contributed by atoms with Gasteiger partial charge < -0.3 is 5.32 Å². The number of nitrogens with one attached hydrogen (secondary N) is 1. The fourth-order valence-corrected chi connectivity index (χ4v) is 2.82. The summed E-state index contributed by atoms with van der Waals surface area (Å²) in [6, 6.07) is 10.2. The summed E-state index contributed by atoms with van der Waals surface area (Å²) in [7, 11) is 0. The topological polar surface area (TPSA) is 12.0 Å². The van der Waals surface area contributed by atoms with Gasteiger partial charge in [0.05, 0.1) is 5.56 Å². The molecular weight excluding hydrogens is 268 g/mol. The van der Waals surface area contributed by atoms with Crippen LogP contribution in [0.15, 0.2) is 43.0 Å². The molecule has 1 N–H and O–H groups in total. The monoisotopic (exact) mass is 285 g/mol. The predicted octanol–water partition coefficient (Wildman–Crippen LogP) is 4.21. The lowest BCUT2D eigenvalue weighted by molar-refractivity contribution is 0.574. The zero-order valence-electron chi connectivity index (χ0n) is 11.8. The van der Waals surface area contributed by atoms with Crippen LogP contribution in [0.5, 0.6) is 0 Å². The Morgan fingerprint density at radius 3 is 2.52 bits per heavy atom. The van der Waals surface area contributed by atoms with Crippen LogP contribution in [0, 0.1) is 11.6 Å². The van der Waals surface area contributed by atoms with Crippen molar-refractivity contribution in [1.82, 2.24) is 5.32 Å². The van der Waals surface area contributed by atoms with Gasteiger partial charge in [-0.05, 0) is 48.1 Å².